The van der Waals surface area contributed by atoms with Crippen LogP contribution in [0.5, 0.6) is 0 Å². The average molecular weight is 305 g/mol. The zero-order valence-corrected chi connectivity index (χ0v) is 12.0. The van der Waals surface area contributed by atoms with E-state index in [0.29, 0.717) is 12.2 Å². The van der Waals surface area contributed by atoms with E-state index in [0.717, 1.165) is 24.1 Å². The van der Waals surface area contributed by atoms with Crippen LogP contribution in [0.15, 0.2) is 36.4 Å². The maximum atomic E-state index is 13.5. The molecule has 0 unspecified atom stereocenters. The number of nitrogen functional groups attached to an aromatic ring is 1. The number of nitrogens with zero attached hydrogens (tertiary/aromatic N) is 1. The van der Waals surface area contributed by atoms with Crippen molar-refractivity contribution in [2.45, 2.75) is 12.8 Å². The summed E-state index contributed by atoms with van der Waals surface area (Å²) in [6.45, 7) is 0.597. The maximum absolute atomic E-state index is 13.5. The van der Waals surface area contributed by atoms with E-state index in [1.165, 1.54) is 18.2 Å². The van der Waals surface area contributed by atoms with E-state index in [2.05, 4.69) is 0 Å². The van der Waals surface area contributed by atoms with Crippen molar-refractivity contribution < 1.29 is 9.18 Å². The minimum atomic E-state index is -0.590. The lowest BCUT2D eigenvalue weighted by atomic mass is 10.00. The smallest absolute Gasteiger partial charge is 0.258 e. The van der Waals surface area contributed by atoms with Crippen molar-refractivity contribution in [2.24, 2.45) is 0 Å². The molecule has 0 saturated heterocycles. The lowest BCUT2D eigenvalue weighted by Gasteiger charge is -2.30. The van der Waals surface area contributed by atoms with Crippen molar-refractivity contribution >= 4 is 28.9 Å². The minimum absolute atomic E-state index is 0.00911. The van der Waals surface area contributed by atoms with Gasteiger partial charge in [-0.2, -0.15) is 0 Å². The standard InChI is InChI=1S/C16H14ClFN2O/c17-13-6-4-11(8-14(13)18)16(21)20-7-1-2-10-3-5-12(19)9-15(10)20/h3-6,8-9H,1-2,7,19H2. The van der Waals surface area contributed by atoms with Gasteiger partial charge in [0.15, 0.2) is 0 Å². The highest BCUT2D eigenvalue weighted by atomic mass is 35.5. The monoisotopic (exact) mass is 304 g/mol. The van der Waals surface area contributed by atoms with Crippen molar-refractivity contribution in [1.29, 1.82) is 0 Å². The number of aryl methyl sites for hydroxylation is 1. The Morgan fingerprint density at radius 3 is 2.81 bits per heavy atom. The fourth-order valence-electron chi connectivity index (χ4n) is 2.59. The van der Waals surface area contributed by atoms with Gasteiger partial charge in [-0.25, -0.2) is 4.39 Å². The van der Waals surface area contributed by atoms with Gasteiger partial charge in [0.25, 0.3) is 5.91 Å². The predicted octanol–water partition coefficient (Wildman–Crippen LogP) is 3.65. The molecule has 3 nitrogen and oxygen atoms in total. The van der Waals surface area contributed by atoms with Crippen molar-refractivity contribution in [1.82, 2.24) is 0 Å². The minimum Gasteiger partial charge on any atom is -0.399 e. The number of nitrogens with two attached hydrogens (primary N) is 1. The number of hydrogen-bond acceptors (Lipinski definition) is 2. The first-order valence-corrected chi connectivity index (χ1v) is 7.09. The Hall–Kier alpha value is -2.07. The Labute approximate surface area is 127 Å². The van der Waals surface area contributed by atoms with Crippen molar-refractivity contribution in [3.63, 3.8) is 0 Å². The highest BCUT2D eigenvalue weighted by Crippen LogP contribution is 2.30. The quantitative estimate of drug-likeness (QED) is 0.817. The number of carbonyl (C=O) groups is 1. The first kappa shape index (κ1) is 13.9. The summed E-state index contributed by atoms with van der Waals surface area (Å²) in [5, 5.41) is 0.00911. The van der Waals surface area contributed by atoms with Crippen LogP contribution in [-0.4, -0.2) is 12.5 Å². The summed E-state index contributed by atoms with van der Waals surface area (Å²) in [4.78, 5) is 14.3. The molecule has 5 heteroatoms. The van der Waals surface area contributed by atoms with Gasteiger partial charge in [0, 0.05) is 23.5 Å². The highest BCUT2D eigenvalue weighted by Gasteiger charge is 2.24. The molecular weight excluding hydrogens is 291 g/mol. The molecule has 0 saturated carbocycles. The molecule has 1 aliphatic rings. The summed E-state index contributed by atoms with van der Waals surface area (Å²) in [7, 11) is 0. The zero-order chi connectivity index (χ0) is 15.0. The van der Waals surface area contributed by atoms with E-state index < -0.39 is 5.82 Å². The third-order valence-corrected chi connectivity index (χ3v) is 3.95. The van der Waals surface area contributed by atoms with Gasteiger partial charge >= 0.3 is 0 Å². The van der Waals surface area contributed by atoms with Crippen LogP contribution >= 0.6 is 11.6 Å². The van der Waals surface area contributed by atoms with E-state index in [4.69, 9.17) is 17.3 Å². The van der Waals surface area contributed by atoms with Gasteiger partial charge in [-0.05, 0) is 48.7 Å². The van der Waals surface area contributed by atoms with Crippen LogP contribution in [0.3, 0.4) is 0 Å². The molecule has 1 aliphatic heterocycles. The van der Waals surface area contributed by atoms with Crippen molar-refractivity contribution in [3.8, 4) is 0 Å². The topological polar surface area (TPSA) is 46.3 Å². The number of fused-ring (bicyclic) bond motifs is 1. The van der Waals surface area contributed by atoms with Crippen LogP contribution in [0, 0.1) is 5.82 Å². The Balaban J connectivity index is 1.99. The molecule has 0 radical (unpaired) electrons. The summed E-state index contributed by atoms with van der Waals surface area (Å²) in [6, 6.07) is 9.66. The normalized spacial score (nSPS) is 13.9. The lowest BCUT2D eigenvalue weighted by molar-refractivity contribution is 0.0984. The molecule has 0 spiro atoms. The average Bonchev–Trinajstić information content (AvgIpc) is 2.48. The number of amides is 1. The Morgan fingerprint density at radius 2 is 2.05 bits per heavy atom. The van der Waals surface area contributed by atoms with Crippen LogP contribution in [0.1, 0.15) is 22.3 Å². The molecule has 21 heavy (non-hydrogen) atoms. The van der Waals surface area contributed by atoms with E-state index in [-0.39, 0.29) is 16.5 Å². The number of anilines is 2. The second-order valence-electron chi connectivity index (χ2n) is 5.08. The van der Waals surface area contributed by atoms with Crippen LogP contribution < -0.4 is 10.6 Å². The number of halogens is 2. The van der Waals surface area contributed by atoms with Gasteiger partial charge in [0.05, 0.1) is 5.02 Å². The molecule has 108 valence electrons. The SMILES string of the molecule is Nc1ccc2c(c1)N(C(=O)c1ccc(Cl)c(F)c1)CCC2. The number of carbonyl (C=O) groups excluding carboxylic acids is 1. The second kappa shape index (κ2) is 5.37. The number of hydrogen-bond donors (Lipinski definition) is 1. The molecule has 0 bridgehead atoms. The van der Waals surface area contributed by atoms with Gasteiger partial charge in [-0.15, -0.1) is 0 Å². The summed E-state index contributed by atoms with van der Waals surface area (Å²) < 4.78 is 13.5. The number of benzene rings is 2. The second-order valence-corrected chi connectivity index (χ2v) is 5.48. The molecule has 1 amide bonds. The van der Waals surface area contributed by atoms with E-state index in [1.807, 2.05) is 12.1 Å². The largest absolute Gasteiger partial charge is 0.399 e. The van der Waals surface area contributed by atoms with E-state index >= 15 is 0 Å². The fourth-order valence-corrected chi connectivity index (χ4v) is 2.71. The van der Waals surface area contributed by atoms with Crippen LogP contribution in [0.25, 0.3) is 0 Å². The molecule has 2 aromatic rings. The Bertz CT molecular complexity index is 717. The molecule has 0 fully saturated rings. The Kier molecular flexibility index (Phi) is 3.55. The van der Waals surface area contributed by atoms with Crippen LogP contribution in [-0.2, 0) is 6.42 Å². The van der Waals surface area contributed by atoms with Crippen LogP contribution in [0.4, 0.5) is 15.8 Å². The van der Waals surface area contributed by atoms with E-state index in [1.54, 1.807) is 11.0 Å². The molecular formula is C16H14ClFN2O. The fraction of sp³-hybridized carbons (Fsp3) is 0.188. The maximum Gasteiger partial charge on any atom is 0.258 e. The van der Waals surface area contributed by atoms with Gasteiger partial charge in [0.1, 0.15) is 5.82 Å². The summed E-state index contributed by atoms with van der Waals surface area (Å²) in [6.07, 6.45) is 1.78. The lowest BCUT2D eigenvalue weighted by Crippen LogP contribution is -2.35. The number of rotatable bonds is 1. The summed E-state index contributed by atoms with van der Waals surface area (Å²) >= 11 is 5.66. The predicted molar refractivity (Wildman–Crippen MR) is 82.3 cm³/mol. The molecule has 1 heterocycles. The summed E-state index contributed by atoms with van der Waals surface area (Å²) in [5.74, 6) is -0.829. The molecule has 0 aliphatic carbocycles. The van der Waals surface area contributed by atoms with Crippen molar-refractivity contribution in [2.75, 3.05) is 17.2 Å². The molecule has 3 rings (SSSR count). The van der Waals surface area contributed by atoms with Gasteiger partial charge in [-0.3, -0.25) is 4.79 Å². The third kappa shape index (κ3) is 2.59. The zero-order valence-electron chi connectivity index (χ0n) is 11.3. The van der Waals surface area contributed by atoms with Gasteiger partial charge < -0.3 is 10.6 Å². The Morgan fingerprint density at radius 1 is 1.24 bits per heavy atom. The van der Waals surface area contributed by atoms with Crippen LogP contribution in [0.2, 0.25) is 5.02 Å². The molecule has 0 aromatic heterocycles. The van der Waals surface area contributed by atoms with Gasteiger partial charge in [-0.1, -0.05) is 17.7 Å². The van der Waals surface area contributed by atoms with Crippen molar-refractivity contribution in [3.05, 3.63) is 58.4 Å². The first-order chi connectivity index (χ1) is 10.1. The van der Waals surface area contributed by atoms with Gasteiger partial charge in [0.2, 0.25) is 0 Å². The molecule has 0 atom stereocenters. The summed E-state index contributed by atoms with van der Waals surface area (Å²) in [5.41, 5.74) is 8.59. The molecule has 2 N–H and O–H groups in total. The van der Waals surface area contributed by atoms with E-state index in [9.17, 15) is 9.18 Å². The highest BCUT2D eigenvalue weighted by molar-refractivity contribution is 6.30. The third-order valence-electron chi connectivity index (χ3n) is 3.64. The molecule has 2 aromatic carbocycles. The first-order valence-electron chi connectivity index (χ1n) is 6.71.